The first kappa shape index (κ1) is 21.9. The van der Waals surface area contributed by atoms with E-state index >= 15 is 0 Å². The van der Waals surface area contributed by atoms with Gasteiger partial charge in [0.1, 0.15) is 11.3 Å². The number of thioether (sulfide) groups is 1. The second-order valence-electron chi connectivity index (χ2n) is 6.73. The molecule has 0 atom stereocenters. The van der Waals surface area contributed by atoms with E-state index in [1.807, 2.05) is 44.4 Å². The maximum Gasteiger partial charge on any atom is 0.239 e. The zero-order chi connectivity index (χ0) is 20.8. The van der Waals surface area contributed by atoms with E-state index in [4.69, 9.17) is 21.3 Å². The van der Waals surface area contributed by atoms with E-state index in [-0.39, 0.29) is 5.91 Å². The molecule has 0 saturated heterocycles. The van der Waals surface area contributed by atoms with Crippen LogP contribution in [0.2, 0.25) is 5.02 Å². The number of methoxy groups -OCH3 is 1. The minimum atomic E-state index is 0.0340. The van der Waals surface area contributed by atoms with Gasteiger partial charge in [0.05, 0.1) is 22.6 Å². The van der Waals surface area contributed by atoms with Gasteiger partial charge in [-0.2, -0.15) is 0 Å². The molecule has 1 amide bonds. The zero-order valence-electron chi connectivity index (χ0n) is 16.7. The smallest absolute Gasteiger partial charge is 0.239 e. The monoisotopic (exact) mass is 449 g/mol. The van der Waals surface area contributed by atoms with E-state index < -0.39 is 0 Å². The number of hydrogen-bond acceptors (Lipinski definition) is 6. The van der Waals surface area contributed by atoms with Crippen molar-refractivity contribution in [3.63, 3.8) is 0 Å². The summed E-state index contributed by atoms with van der Waals surface area (Å²) in [5, 5.41) is 1.27. The fourth-order valence-corrected chi connectivity index (χ4v) is 4.93. The molecule has 0 aliphatic rings. The van der Waals surface area contributed by atoms with E-state index in [1.165, 1.54) is 23.1 Å². The third kappa shape index (κ3) is 5.63. The number of anilines is 1. The van der Waals surface area contributed by atoms with Gasteiger partial charge in [0, 0.05) is 11.4 Å². The Morgan fingerprint density at radius 1 is 1.17 bits per heavy atom. The Labute approximate surface area is 184 Å². The quantitative estimate of drug-likeness (QED) is 0.428. The number of aromatic nitrogens is 1. The Bertz CT molecular complexity index is 963. The van der Waals surface area contributed by atoms with Crippen molar-refractivity contribution < 1.29 is 9.53 Å². The van der Waals surface area contributed by atoms with Crippen molar-refractivity contribution in [3.8, 4) is 5.75 Å². The van der Waals surface area contributed by atoms with Gasteiger partial charge in [-0.3, -0.25) is 9.69 Å². The number of rotatable bonds is 9. The van der Waals surface area contributed by atoms with E-state index in [2.05, 4.69) is 4.90 Å². The second kappa shape index (κ2) is 10.3. The molecule has 8 heteroatoms. The van der Waals surface area contributed by atoms with Crippen LogP contribution in [0.25, 0.3) is 10.2 Å². The number of ether oxygens (including phenoxy) is 1. The minimum absolute atomic E-state index is 0.0340. The summed E-state index contributed by atoms with van der Waals surface area (Å²) in [6, 6.07) is 13.5. The molecular formula is C21H24ClN3O2S2. The lowest BCUT2D eigenvalue weighted by Gasteiger charge is -2.21. The van der Waals surface area contributed by atoms with Gasteiger partial charge in [-0.25, -0.2) is 4.98 Å². The summed E-state index contributed by atoms with van der Waals surface area (Å²) in [4.78, 5) is 22.8. The van der Waals surface area contributed by atoms with Crippen molar-refractivity contribution in [2.24, 2.45) is 0 Å². The Morgan fingerprint density at radius 3 is 2.62 bits per heavy atom. The highest BCUT2D eigenvalue weighted by Crippen LogP contribution is 2.39. The van der Waals surface area contributed by atoms with Crippen LogP contribution in [0.5, 0.6) is 5.75 Å². The Morgan fingerprint density at radius 2 is 1.93 bits per heavy atom. The lowest BCUT2D eigenvalue weighted by molar-refractivity contribution is -0.116. The number of carbonyl (C=O) groups is 1. The molecule has 1 aromatic heterocycles. The molecule has 0 radical (unpaired) electrons. The molecule has 0 aliphatic carbocycles. The van der Waals surface area contributed by atoms with Crippen LogP contribution in [0.1, 0.15) is 6.42 Å². The molecule has 3 rings (SSSR count). The first-order valence-corrected chi connectivity index (χ1v) is 11.4. The number of halogens is 1. The lowest BCUT2D eigenvalue weighted by Crippen LogP contribution is -2.34. The van der Waals surface area contributed by atoms with E-state index in [9.17, 15) is 4.79 Å². The number of carbonyl (C=O) groups excluding carboxylic acids is 1. The summed E-state index contributed by atoms with van der Waals surface area (Å²) < 4.78 is 6.26. The number of hydrogen-bond donors (Lipinski definition) is 0. The number of fused-ring (bicyclic) bond motifs is 1. The van der Waals surface area contributed by atoms with Crippen LogP contribution in [-0.4, -0.2) is 55.8 Å². The second-order valence-corrected chi connectivity index (χ2v) is 9.16. The van der Waals surface area contributed by atoms with Gasteiger partial charge in [0.25, 0.3) is 0 Å². The summed E-state index contributed by atoms with van der Waals surface area (Å²) in [7, 11) is 5.66. The summed E-state index contributed by atoms with van der Waals surface area (Å²) in [5.74, 6) is 1.05. The van der Waals surface area contributed by atoms with Crippen molar-refractivity contribution in [2.45, 2.75) is 11.3 Å². The summed E-state index contributed by atoms with van der Waals surface area (Å²) >= 11 is 9.33. The molecule has 154 valence electrons. The average Bonchev–Trinajstić information content (AvgIpc) is 3.16. The van der Waals surface area contributed by atoms with Crippen molar-refractivity contribution in [1.82, 2.24) is 9.88 Å². The maximum atomic E-state index is 13.1. The van der Waals surface area contributed by atoms with Gasteiger partial charge in [0.2, 0.25) is 5.91 Å². The van der Waals surface area contributed by atoms with Gasteiger partial charge in [0.15, 0.2) is 5.13 Å². The van der Waals surface area contributed by atoms with E-state index in [1.54, 1.807) is 24.1 Å². The molecule has 5 nitrogen and oxygen atoms in total. The number of amides is 1. The third-order valence-electron chi connectivity index (χ3n) is 4.29. The van der Waals surface area contributed by atoms with Gasteiger partial charge in [-0.1, -0.05) is 41.1 Å². The molecule has 0 aliphatic heterocycles. The summed E-state index contributed by atoms with van der Waals surface area (Å²) in [6.07, 6.45) is 0.857. The zero-order valence-corrected chi connectivity index (χ0v) is 19.1. The molecule has 0 unspecified atom stereocenters. The van der Waals surface area contributed by atoms with Crippen LogP contribution >= 0.6 is 34.7 Å². The number of benzene rings is 2. The largest absolute Gasteiger partial charge is 0.494 e. The van der Waals surface area contributed by atoms with Crippen LogP contribution in [0.15, 0.2) is 47.4 Å². The topological polar surface area (TPSA) is 45.7 Å². The van der Waals surface area contributed by atoms with Crippen molar-refractivity contribution in [3.05, 3.63) is 47.5 Å². The van der Waals surface area contributed by atoms with Crippen molar-refractivity contribution in [1.29, 1.82) is 0 Å². The average molecular weight is 450 g/mol. The highest BCUT2D eigenvalue weighted by atomic mass is 35.5. The van der Waals surface area contributed by atoms with Crippen LogP contribution in [0.4, 0.5) is 5.13 Å². The maximum absolute atomic E-state index is 13.1. The molecule has 0 bridgehead atoms. The van der Waals surface area contributed by atoms with Crippen LogP contribution in [0, 0.1) is 0 Å². The summed E-state index contributed by atoms with van der Waals surface area (Å²) in [5.41, 5.74) is 0.695. The fraction of sp³-hybridized carbons (Fsp3) is 0.333. The molecule has 3 aromatic rings. The molecular weight excluding hydrogens is 426 g/mol. The van der Waals surface area contributed by atoms with Crippen molar-refractivity contribution in [2.75, 3.05) is 44.9 Å². The van der Waals surface area contributed by atoms with Gasteiger partial charge in [-0.05, 0) is 51.3 Å². The van der Waals surface area contributed by atoms with Gasteiger partial charge >= 0.3 is 0 Å². The highest BCUT2D eigenvalue weighted by molar-refractivity contribution is 8.00. The molecule has 2 aromatic carbocycles. The van der Waals surface area contributed by atoms with E-state index in [0.29, 0.717) is 33.7 Å². The first-order chi connectivity index (χ1) is 14.0. The fourth-order valence-electron chi connectivity index (χ4n) is 2.83. The molecule has 0 fully saturated rings. The summed E-state index contributed by atoms with van der Waals surface area (Å²) in [6.45, 7) is 1.50. The lowest BCUT2D eigenvalue weighted by atomic mass is 10.3. The molecule has 0 N–H and O–H groups in total. The van der Waals surface area contributed by atoms with Crippen LogP contribution < -0.4 is 9.64 Å². The Hall–Kier alpha value is -1.80. The molecule has 0 saturated carbocycles. The minimum Gasteiger partial charge on any atom is -0.494 e. The molecule has 1 heterocycles. The molecule has 0 spiro atoms. The first-order valence-electron chi connectivity index (χ1n) is 9.25. The molecule has 29 heavy (non-hydrogen) atoms. The standard InChI is InChI=1S/C21H24ClN3O2S2/c1-24(2)12-7-13-25(18(26)14-28-15-8-5-4-6-9-15)21-23-19-17(27-3)11-10-16(22)20(19)29-21/h4-6,8-11H,7,12-14H2,1-3H3. The number of nitrogens with zero attached hydrogens (tertiary/aromatic N) is 3. The van der Waals surface area contributed by atoms with E-state index in [0.717, 1.165) is 22.6 Å². The predicted octanol–water partition coefficient (Wildman–Crippen LogP) is 5.04. The Kier molecular flexibility index (Phi) is 7.77. The highest BCUT2D eigenvalue weighted by Gasteiger charge is 2.22. The third-order valence-corrected chi connectivity index (χ3v) is 6.83. The Balaban J connectivity index is 1.85. The number of thiazole rings is 1. The van der Waals surface area contributed by atoms with Crippen LogP contribution in [-0.2, 0) is 4.79 Å². The van der Waals surface area contributed by atoms with Gasteiger partial charge < -0.3 is 9.64 Å². The SMILES string of the molecule is COc1ccc(Cl)c2sc(N(CCCN(C)C)C(=O)CSc3ccccc3)nc12. The predicted molar refractivity (Wildman–Crippen MR) is 124 cm³/mol. The normalized spacial score (nSPS) is 11.2. The van der Waals surface area contributed by atoms with Crippen LogP contribution in [0.3, 0.4) is 0 Å². The van der Waals surface area contributed by atoms with Crippen molar-refractivity contribution >= 4 is 56.0 Å². The van der Waals surface area contributed by atoms with Gasteiger partial charge in [-0.15, -0.1) is 11.8 Å².